The lowest BCUT2D eigenvalue weighted by molar-refractivity contribution is -0.132. The molecule has 2 aromatic rings. The molecule has 0 saturated heterocycles. The number of carbonyl (C=O) groups is 1. The first-order valence-electron chi connectivity index (χ1n) is 8.00. The zero-order valence-electron chi connectivity index (χ0n) is 12.8. The minimum Gasteiger partial charge on any atom is -0.334 e. The van der Waals surface area contributed by atoms with Crippen molar-refractivity contribution in [3.8, 4) is 0 Å². The molecule has 1 amide bonds. The van der Waals surface area contributed by atoms with Crippen LogP contribution in [0.2, 0.25) is 0 Å². The predicted molar refractivity (Wildman–Crippen MR) is 95.0 cm³/mol. The normalized spacial score (nSPS) is 19.4. The maximum absolute atomic E-state index is 12.7. The number of hydrogen-bond acceptors (Lipinski definition) is 1. The summed E-state index contributed by atoms with van der Waals surface area (Å²) in [7, 11) is 0. The fourth-order valence-corrected chi connectivity index (χ4v) is 3.91. The van der Waals surface area contributed by atoms with Crippen LogP contribution < -0.4 is 0 Å². The van der Waals surface area contributed by atoms with Gasteiger partial charge in [0.2, 0.25) is 5.91 Å². The molecule has 2 aromatic carbocycles. The molecule has 1 atom stereocenters. The molecule has 0 fully saturated rings. The number of nitrogens with zero attached hydrogens (tertiary/aromatic N) is 1. The second kappa shape index (κ2) is 5.97. The maximum Gasteiger partial charge on any atom is 0.224 e. The van der Waals surface area contributed by atoms with Gasteiger partial charge in [-0.25, -0.2) is 0 Å². The Morgan fingerprint density at radius 2 is 1.87 bits per heavy atom. The molecule has 0 spiro atoms. The van der Waals surface area contributed by atoms with E-state index in [1.54, 1.807) is 0 Å². The van der Waals surface area contributed by atoms with Crippen LogP contribution in [0.4, 0.5) is 0 Å². The minimum absolute atomic E-state index is 0.242. The van der Waals surface area contributed by atoms with Gasteiger partial charge in [-0.2, -0.15) is 0 Å². The Bertz CT molecular complexity index is 779. The summed E-state index contributed by atoms with van der Waals surface area (Å²) in [6.07, 6.45) is 5.99. The molecule has 4 rings (SSSR count). The van der Waals surface area contributed by atoms with E-state index in [-0.39, 0.29) is 11.8 Å². The van der Waals surface area contributed by atoms with Crippen molar-refractivity contribution < 1.29 is 4.79 Å². The average molecular weight is 368 g/mol. The molecule has 0 aromatic heterocycles. The highest BCUT2D eigenvalue weighted by Gasteiger charge is 2.29. The van der Waals surface area contributed by atoms with Crippen LogP contribution in [0.3, 0.4) is 0 Å². The van der Waals surface area contributed by atoms with Crippen molar-refractivity contribution in [2.75, 3.05) is 0 Å². The van der Waals surface area contributed by atoms with Gasteiger partial charge in [0, 0.05) is 29.9 Å². The Morgan fingerprint density at radius 1 is 1.09 bits per heavy atom. The second-order valence-corrected chi connectivity index (χ2v) is 7.22. The number of carbonyl (C=O) groups excluding carboxylic acids is 1. The van der Waals surface area contributed by atoms with Crippen LogP contribution in [-0.4, -0.2) is 10.8 Å². The van der Waals surface area contributed by atoms with Gasteiger partial charge < -0.3 is 4.90 Å². The summed E-state index contributed by atoms with van der Waals surface area (Å²) in [4.78, 5) is 14.7. The third-order valence-corrected chi connectivity index (χ3v) is 5.29. The topological polar surface area (TPSA) is 20.3 Å². The smallest absolute Gasteiger partial charge is 0.224 e. The summed E-state index contributed by atoms with van der Waals surface area (Å²) in [5.41, 5.74) is 5.25. The van der Waals surface area contributed by atoms with Crippen molar-refractivity contribution in [1.29, 1.82) is 0 Å². The molecule has 0 unspecified atom stereocenters. The number of allylic oxidation sites excluding steroid dienone is 2. The van der Waals surface area contributed by atoms with Crippen LogP contribution in [0.1, 0.15) is 34.6 Å². The summed E-state index contributed by atoms with van der Waals surface area (Å²) in [6.45, 7) is 1.38. The van der Waals surface area contributed by atoms with Crippen LogP contribution in [-0.2, 0) is 24.3 Å². The van der Waals surface area contributed by atoms with E-state index in [1.807, 2.05) is 17.0 Å². The van der Waals surface area contributed by atoms with Crippen molar-refractivity contribution in [1.82, 2.24) is 4.90 Å². The van der Waals surface area contributed by atoms with Crippen LogP contribution in [0.5, 0.6) is 0 Å². The summed E-state index contributed by atoms with van der Waals surface area (Å²) in [5, 5.41) is 0. The first-order valence-corrected chi connectivity index (χ1v) is 8.79. The highest BCUT2D eigenvalue weighted by molar-refractivity contribution is 9.10. The van der Waals surface area contributed by atoms with Gasteiger partial charge >= 0.3 is 0 Å². The molecule has 116 valence electrons. The van der Waals surface area contributed by atoms with Crippen molar-refractivity contribution in [3.63, 3.8) is 0 Å². The van der Waals surface area contributed by atoms with Gasteiger partial charge in [-0.05, 0) is 40.8 Å². The number of amides is 1. The fraction of sp³-hybridized carbons (Fsp3) is 0.250. The molecule has 0 N–H and O–H groups in total. The van der Waals surface area contributed by atoms with Crippen molar-refractivity contribution >= 4 is 21.8 Å². The van der Waals surface area contributed by atoms with Gasteiger partial charge in [0.25, 0.3) is 0 Å². The molecule has 0 bridgehead atoms. The minimum atomic E-state index is 0.242. The van der Waals surface area contributed by atoms with Gasteiger partial charge in [-0.15, -0.1) is 0 Å². The lowest BCUT2D eigenvalue weighted by atomic mass is 9.83. The van der Waals surface area contributed by atoms with Gasteiger partial charge in [0.05, 0.1) is 0 Å². The lowest BCUT2D eigenvalue weighted by Crippen LogP contribution is -2.28. The summed E-state index contributed by atoms with van der Waals surface area (Å²) >= 11 is 3.46. The van der Waals surface area contributed by atoms with Crippen LogP contribution in [0.15, 0.2) is 59.1 Å². The van der Waals surface area contributed by atoms with Gasteiger partial charge in [0.1, 0.15) is 0 Å². The van der Waals surface area contributed by atoms with E-state index in [0.29, 0.717) is 19.5 Å². The highest BCUT2D eigenvalue weighted by atomic mass is 79.9. The number of rotatable bonds is 2. The summed E-state index contributed by atoms with van der Waals surface area (Å²) < 4.78 is 1.06. The number of halogens is 1. The van der Waals surface area contributed by atoms with E-state index in [4.69, 9.17) is 0 Å². The van der Waals surface area contributed by atoms with Crippen LogP contribution >= 0.6 is 15.9 Å². The Kier molecular flexibility index (Phi) is 3.82. The first kappa shape index (κ1) is 14.7. The zero-order valence-corrected chi connectivity index (χ0v) is 14.4. The van der Waals surface area contributed by atoms with Crippen LogP contribution in [0.25, 0.3) is 0 Å². The third kappa shape index (κ3) is 2.86. The standard InChI is InChI=1S/C20H18BrNO/c21-18-9-7-14(8-10-18)12-22-13-17-6-2-4-15-3-1-5-16(20(15)17)11-19(22)23/h1-2,4-10,16H,3,11-13H2/t16-/m1/s1. The number of hydrogen-bond donors (Lipinski definition) is 0. The van der Waals surface area contributed by atoms with E-state index < -0.39 is 0 Å². The van der Waals surface area contributed by atoms with E-state index in [1.165, 1.54) is 22.3 Å². The Balaban J connectivity index is 1.66. The van der Waals surface area contributed by atoms with E-state index in [9.17, 15) is 4.79 Å². The number of benzene rings is 2. The predicted octanol–water partition coefficient (Wildman–Crippen LogP) is 4.58. The Hall–Kier alpha value is -1.87. The van der Waals surface area contributed by atoms with Gasteiger partial charge in [-0.3, -0.25) is 4.79 Å². The molecule has 1 aliphatic heterocycles. The molecular formula is C20H18BrNO. The molecule has 23 heavy (non-hydrogen) atoms. The molecular weight excluding hydrogens is 350 g/mol. The summed E-state index contributed by atoms with van der Waals surface area (Å²) in [5.74, 6) is 0.490. The summed E-state index contributed by atoms with van der Waals surface area (Å²) in [6, 6.07) is 14.7. The third-order valence-electron chi connectivity index (χ3n) is 4.76. The van der Waals surface area contributed by atoms with Crippen molar-refractivity contribution in [3.05, 3.63) is 81.3 Å². The fourth-order valence-electron chi connectivity index (χ4n) is 3.65. The highest BCUT2D eigenvalue weighted by Crippen LogP contribution is 2.36. The van der Waals surface area contributed by atoms with Gasteiger partial charge in [0.15, 0.2) is 0 Å². The quantitative estimate of drug-likeness (QED) is 0.711. The molecule has 1 heterocycles. The van der Waals surface area contributed by atoms with Crippen molar-refractivity contribution in [2.45, 2.75) is 31.8 Å². The Labute approximate surface area is 144 Å². The van der Waals surface area contributed by atoms with E-state index in [2.05, 4.69) is 58.4 Å². The first-order chi connectivity index (χ1) is 11.2. The average Bonchev–Trinajstić information content (AvgIpc) is 2.69. The molecule has 3 heteroatoms. The van der Waals surface area contributed by atoms with Gasteiger partial charge in [-0.1, -0.05) is 58.4 Å². The van der Waals surface area contributed by atoms with Crippen molar-refractivity contribution in [2.24, 2.45) is 0 Å². The largest absolute Gasteiger partial charge is 0.334 e. The molecule has 2 nitrogen and oxygen atoms in total. The molecule has 2 aliphatic rings. The zero-order chi connectivity index (χ0) is 15.8. The SMILES string of the molecule is O=C1C[C@H]2C=CCc3cccc(c32)CN1Cc1ccc(Br)cc1. The van der Waals surface area contributed by atoms with E-state index >= 15 is 0 Å². The second-order valence-electron chi connectivity index (χ2n) is 6.31. The monoisotopic (exact) mass is 367 g/mol. The van der Waals surface area contributed by atoms with E-state index in [0.717, 1.165) is 10.9 Å². The molecule has 0 radical (unpaired) electrons. The van der Waals surface area contributed by atoms with Crippen LogP contribution in [0, 0.1) is 0 Å². The maximum atomic E-state index is 12.7. The molecule has 1 aliphatic carbocycles. The molecule has 0 saturated carbocycles. The Morgan fingerprint density at radius 3 is 2.70 bits per heavy atom. The lowest BCUT2D eigenvalue weighted by Gasteiger charge is -2.21.